The minimum absolute atomic E-state index is 0.0761. The summed E-state index contributed by atoms with van der Waals surface area (Å²) in [5, 5.41) is 11.5. The molecule has 5 atom stereocenters. The Kier molecular flexibility index (Phi) is 5.71. The van der Waals surface area contributed by atoms with Crippen molar-refractivity contribution in [3.05, 3.63) is 64.7 Å². The molecule has 5 unspecified atom stereocenters. The summed E-state index contributed by atoms with van der Waals surface area (Å²) in [5.41, 5.74) is 4.48. The molecule has 2 aromatic rings. The van der Waals surface area contributed by atoms with Gasteiger partial charge in [-0.25, -0.2) is 4.39 Å². The molecule has 1 amide bonds. The van der Waals surface area contributed by atoms with E-state index in [0.717, 1.165) is 37.7 Å². The molecule has 5 rings (SSSR count). The van der Waals surface area contributed by atoms with Crippen LogP contribution in [0.3, 0.4) is 0 Å². The number of aryl methyl sites for hydroxylation is 1. The average molecular weight is 451 g/mol. The second-order valence-corrected chi connectivity index (χ2v) is 10.3. The van der Waals surface area contributed by atoms with Crippen LogP contribution in [0.15, 0.2) is 36.7 Å². The number of fused-ring (bicyclic) bond motifs is 5. The van der Waals surface area contributed by atoms with Crippen molar-refractivity contribution in [2.24, 2.45) is 17.3 Å². The highest BCUT2D eigenvalue weighted by Gasteiger charge is 2.55. The van der Waals surface area contributed by atoms with Crippen LogP contribution in [0.2, 0.25) is 0 Å². The lowest BCUT2D eigenvalue weighted by atomic mass is 9.53. The van der Waals surface area contributed by atoms with Crippen molar-refractivity contribution in [3.63, 3.8) is 0 Å². The maximum absolute atomic E-state index is 13.9. The number of rotatable bonds is 5. The summed E-state index contributed by atoms with van der Waals surface area (Å²) in [6, 6.07) is 7.70. The minimum Gasteiger partial charge on any atom is -0.481 e. The molecule has 0 aliphatic heterocycles. The van der Waals surface area contributed by atoms with Gasteiger partial charge in [-0.05, 0) is 103 Å². The Bertz CT molecular complexity index is 1090. The van der Waals surface area contributed by atoms with Crippen molar-refractivity contribution >= 4 is 11.9 Å². The highest BCUT2D eigenvalue weighted by atomic mass is 19.1. The number of aromatic nitrogens is 1. The zero-order chi connectivity index (χ0) is 23.2. The number of pyridine rings is 1. The molecule has 1 aromatic heterocycles. The Morgan fingerprint density at radius 1 is 1.18 bits per heavy atom. The van der Waals surface area contributed by atoms with Crippen LogP contribution in [0.4, 0.5) is 4.39 Å². The highest BCUT2D eigenvalue weighted by Crippen LogP contribution is 2.65. The molecule has 33 heavy (non-hydrogen) atoms. The van der Waals surface area contributed by atoms with Crippen LogP contribution in [0, 0.1) is 23.1 Å². The maximum Gasteiger partial charge on any atom is 0.305 e. The molecule has 2 saturated carbocycles. The summed E-state index contributed by atoms with van der Waals surface area (Å²) in [4.78, 5) is 27.3. The van der Waals surface area contributed by atoms with Crippen LogP contribution in [-0.4, -0.2) is 28.5 Å². The number of benzene rings is 1. The van der Waals surface area contributed by atoms with Crippen LogP contribution >= 0.6 is 0 Å². The molecular weight excluding hydrogens is 419 g/mol. The predicted octanol–water partition coefficient (Wildman–Crippen LogP) is 5.07. The van der Waals surface area contributed by atoms with Gasteiger partial charge in [-0.2, -0.15) is 0 Å². The SMILES string of the molecule is CC12CCC3c4ccc(C(=O)NCCC(=O)O)cc4CCC3C1CCC2c1cncc(F)c1. The number of amides is 1. The summed E-state index contributed by atoms with van der Waals surface area (Å²) in [6.45, 7) is 2.55. The lowest BCUT2D eigenvalue weighted by molar-refractivity contribution is -0.136. The maximum atomic E-state index is 13.9. The van der Waals surface area contributed by atoms with E-state index in [1.54, 1.807) is 6.07 Å². The summed E-state index contributed by atoms with van der Waals surface area (Å²) in [5.74, 6) is 0.751. The van der Waals surface area contributed by atoms with Gasteiger partial charge in [0.05, 0.1) is 12.6 Å². The Hall–Kier alpha value is -2.76. The average Bonchev–Trinajstić information content (AvgIpc) is 3.15. The van der Waals surface area contributed by atoms with E-state index in [9.17, 15) is 14.0 Å². The first kappa shape index (κ1) is 22.1. The van der Waals surface area contributed by atoms with E-state index in [1.165, 1.54) is 23.7 Å². The smallest absolute Gasteiger partial charge is 0.305 e. The lowest BCUT2D eigenvalue weighted by Crippen LogP contribution is -2.41. The zero-order valence-electron chi connectivity index (χ0n) is 19.0. The quantitative estimate of drug-likeness (QED) is 0.667. The molecule has 1 aromatic carbocycles. The predicted molar refractivity (Wildman–Crippen MR) is 123 cm³/mol. The van der Waals surface area contributed by atoms with Gasteiger partial charge in [0.1, 0.15) is 5.82 Å². The van der Waals surface area contributed by atoms with Crippen molar-refractivity contribution in [1.82, 2.24) is 10.3 Å². The molecule has 174 valence electrons. The van der Waals surface area contributed by atoms with E-state index in [0.29, 0.717) is 29.2 Å². The van der Waals surface area contributed by atoms with Crippen LogP contribution in [0.1, 0.15) is 84.3 Å². The largest absolute Gasteiger partial charge is 0.481 e. The van der Waals surface area contributed by atoms with Crippen molar-refractivity contribution in [2.75, 3.05) is 6.54 Å². The van der Waals surface area contributed by atoms with Crippen LogP contribution in [-0.2, 0) is 11.2 Å². The summed E-state index contributed by atoms with van der Waals surface area (Å²) in [7, 11) is 0. The van der Waals surface area contributed by atoms with Gasteiger partial charge in [0, 0.05) is 18.3 Å². The number of carboxylic acid groups (broad SMARTS) is 1. The first-order valence-corrected chi connectivity index (χ1v) is 12.1. The van der Waals surface area contributed by atoms with Crippen LogP contribution in [0.5, 0.6) is 0 Å². The van der Waals surface area contributed by atoms with E-state index >= 15 is 0 Å². The van der Waals surface area contributed by atoms with E-state index < -0.39 is 5.97 Å². The van der Waals surface area contributed by atoms with Gasteiger partial charge < -0.3 is 10.4 Å². The minimum atomic E-state index is -0.918. The van der Waals surface area contributed by atoms with E-state index in [-0.39, 0.29) is 30.1 Å². The standard InChI is InChI=1S/C27H31FN2O3/c1-27-10-8-21-20-4-3-17(26(33)30-11-9-25(31)32)12-16(20)2-5-22(21)24(27)7-6-23(27)18-13-19(28)15-29-14-18/h3-4,12-15,21-24H,2,5-11H2,1H3,(H,30,33)(H,31,32). The van der Waals surface area contributed by atoms with E-state index in [2.05, 4.69) is 23.3 Å². The van der Waals surface area contributed by atoms with Crippen molar-refractivity contribution in [1.29, 1.82) is 0 Å². The second-order valence-electron chi connectivity index (χ2n) is 10.3. The fourth-order valence-corrected chi connectivity index (χ4v) is 7.28. The van der Waals surface area contributed by atoms with Crippen molar-refractivity contribution < 1.29 is 19.1 Å². The topological polar surface area (TPSA) is 79.3 Å². The molecular formula is C27H31FN2O3. The molecule has 6 heteroatoms. The van der Waals surface area contributed by atoms with Crippen molar-refractivity contribution in [2.45, 2.75) is 63.7 Å². The lowest BCUT2D eigenvalue weighted by Gasteiger charge is -2.51. The van der Waals surface area contributed by atoms with Gasteiger partial charge in [-0.1, -0.05) is 13.0 Å². The molecule has 3 aliphatic carbocycles. The number of carboxylic acids is 1. The number of carbonyl (C=O) groups is 2. The normalized spacial score (nSPS) is 30.1. The molecule has 2 fully saturated rings. The molecule has 0 radical (unpaired) electrons. The van der Waals surface area contributed by atoms with Crippen LogP contribution in [0.25, 0.3) is 0 Å². The number of nitrogens with one attached hydrogen (secondary N) is 1. The van der Waals surface area contributed by atoms with Gasteiger partial charge in [0.15, 0.2) is 0 Å². The summed E-state index contributed by atoms with van der Waals surface area (Å²) >= 11 is 0. The molecule has 2 N–H and O–H groups in total. The Morgan fingerprint density at radius 2 is 2.03 bits per heavy atom. The Labute approximate surface area is 193 Å². The molecule has 3 aliphatic rings. The molecule has 0 bridgehead atoms. The summed E-state index contributed by atoms with van der Waals surface area (Å²) < 4.78 is 13.9. The van der Waals surface area contributed by atoms with Gasteiger partial charge in [0.25, 0.3) is 5.91 Å². The van der Waals surface area contributed by atoms with E-state index in [1.807, 2.05) is 18.3 Å². The number of halogens is 1. The second kappa shape index (κ2) is 8.54. The fraction of sp³-hybridized carbons (Fsp3) is 0.519. The first-order chi connectivity index (χ1) is 15.9. The van der Waals surface area contributed by atoms with Gasteiger partial charge in [-0.3, -0.25) is 14.6 Å². The first-order valence-electron chi connectivity index (χ1n) is 12.1. The van der Waals surface area contributed by atoms with Gasteiger partial charge in [-0.15, -0.1) is 0 Å². The molecule has 5 nitrogen and oxygen atoms in total. The summed E-state index contributed by atoms with van der Waals surface area (Å²) in [6.07, 6.45) is 9.66. The number of hydrogen-bond donors (Lipinski definition) is 2. The Morgan fingerprint density at radius 3 is 2.82 bits per heavy atom. The molecule has 0 saturated heterocycles. The third-order valence-electron chi connectivity index (χ3n) is 8.74. The van der Waals surface area contributed by atoms with E-state index in [4.69, 9.17) is 5.11 Å². The number of hydrogen-bond acceptors (Lipinski definition) is 3. The fourth-order valence-electron chi connectivity index (χ4n) is 7.28. The van der Waals surface area contributed by atoms with Crippen molar-refractivity contribution in [3.8, 4) is 0 Å². The van der Waals surface area contributed by atoms with Crippen LogP contribution < -0.4 is 5.32 Å². The zero-order valence-corrected chi connectivity index (χ0v) is 19.0. The third-order valence-corrected chi connectivity index (χ3v) is 8.74. The van der Waals surface area contributed by atoms with Gasteiger partial charge in [0.2, 0.25) is 0 Å². The third kappa shape index (κ3) is 3.94. The number of carbonyl (C=O) groups excluding carboxylic acids is 1. The number of nitrogens with zero attached hydrogens (tertiary/aromatic N) is 1. The highest BCUT2D eigenvalue weighted by molar-refractivity contribution is 5.94. The monoisotopic (exact) mass is 450 g/mol. The number of aliphatic carboxylic acids is 1. The Balaban J connectivity index is 1.34. The van der Waals surface area contributed by atoms with Gasteiger partial charge >= 0.3 is 5.97 Å². The molecule has 1 heterocycles. The molecule has 0 spiro atoms.